The molecule has 0 aliphatic carbocycles. The molecule has 0 saturated carbocycles. The third-order valence-corrected chi connectivity index (χ3v) is 4.98. The number of carbonyl (C=O) groups excluding carboxylic acids is 1. The summed E-state index contributed by atoms with van der Waals surface area (Å²) in [6.07, 6.45) is 0.514. The van der Waals surface area contributed by atoms with E-state index in [1.54, 1.807) is 18.2 Å². The molecule has 120 valence electrons. The minimum absolute atomic E-state index is 0.290. The Morgan fingerprint density at radius 3 is 2.57 bits per heavy atom. The Labute approximate surface area is 153 Å². The molecule has 0 aromatic heterocycles. The van der Waals surface area contributed by atoms with Crippen LogP contribution in [0.5, 0.6) is 0 Å². The first-order valence-corrected chi connectivity index (χ1v) is 8.63. The number of carbonyl (C=O) groups is 1. The van der Waals surface area contributed by atoms with Gasteiger partial charge in [0.2, 0.25) is 0 Å². The van der Waals surface area contributed by atoms with Crippen LogP contribution in [-0.2, 0) is 15.1 Å². The van der Waals surface area contributed by atoms with Gasteiger partial charge in [-0.15, -0.1) is 0 Å². The average molecular weight is 415 g/mol. The molecule has 1 aliphatic heterocycles. The van der Waals surface area contributed by atoms with Gasteiger partial charge in [-0.2, -0.15) is 0 Å². The third kappa shape index (κ3) is 3.49. The number of nitrogens with one attached hydrogen (secondary N) is 1. The molecule has 0 spiro atoms. The summed E-state index contributed by atoms with van der Waals surface area (Å²) in [7, 11) is 0. The van der Waals surface area contributed by atoms with Crippen LogP contribution in [0.2, 0.25) is 10.0 Å². The highest BCUT2D eigenvalue weighted by molar-refractivity contribution is 9.10. The van der Waals surface area contributed by atoms with Gasteiger partial charge in [0.25, 0.3) is 0 Å². The number of benzene rings is 2. The minimum atomic E-state index is -0.679. The van der Waals surface area contributed by atoms with E-state index in [1.165, 1.54) is 0 Å². The monoisotopic (exact) mass is 413 g/mol. The summed E-state index contributed by atoms with van der Waals surface area (Å²) in [6, 6.07) is 12.4. The number of hydrogen-bond donors (Lipinski definition) is 1. The van der Waals surface area contributed by atoms with Crippen LogP contribution in [0.25, 0.3) is 0 Å². The maximum Gasteiger partial charge on any atom is 0.329 e. The first-order valence-electron chi connectivity index (χ1n) is 7.08. The van der Waals surface area contributed by atoms with Crippen molar-refractivity contribution in [3.63, 3.8) is 0 Å². The quantitative estimate of drug-likeness (QED) is 0.683. The van der Waals surface area contributed by atoms with Crippen molar-refractivity contribution < 1.29 is 9.53 Å². The van der Waals surface area contributed by atoms with Crippen LogP contribution in [0.3, 0.4) is 0 Å². The van der Waals surface area contributed by atoms with Crippen LogP contribution in [0, 0.1) is 0 Å². The smallest absolute Gasteiger partial charge is 0.329 e. The molecule has 1 aliphatic rings. The molecule has 0 radical (unpaired) electrons. The molecule has 0 bridgehead atoms. The van der Waals surface area contributed by atoms with E-state index < -0.39 is 11.6 Å². The molecule has 0 amide bonds. The predicted molar refractivity (Wildman–Crippen MR) is 96.1 cm³/mol. The summed E-state index contributed by atoms with van der Waals surface area (Å²) in [6.45, 7) is 1.90. The van der Waals surface area contributed by atoms with Gasteiger partial charge in [0, 0.05) is 15.9 Å². The van der Waals surface area contributed by atoms with Crippen molar-refractivity contribution in [1.82, 2.24) is 0 Å². The molecule has 1 fully saturated rings. The zero-order valence-corrected chi connectivity index (χ0v) is 15.4. The average Bonchev–Trinajstić information content (AvgIpc) is 2.78. The topological polar surface area (TPSA) is 38.3 Å². The first kappa shape index (κ1) is 16.6. The van der Waals surface area contributed by atoms with Crippen molar-refractivity contribution in [3.8, 4) is 0 Å². The molecule has 2 atom stereocenters. The van der Waals surface area contributed by atoms with Crippen molar-refractivity contribution in [1.29, 1.82) is 0 Å². The molecule has 1 heterocycles. The fraction of sp³-hybridized carbons (Fsp3) is 0.235. The Morgan fingerprint density at radius 1 is 1.22 bits per heavy atom. The van der Waals surface area contributed by atoms with Gasteiger partial charge >= 0.3 is 5.97 Å². The number of cyclic esters (lactones) is 1. The van der Waals surface area contributed by atoms with E-state index in [9.17, 15) is 4.79 Å². The molecule has 23 heavy (non-hydrogen) atoms. The first-order chi connectivity index (χ1) is 10.9. The van der Waals surface area contributed by atoms with Crippen LogP contribution in [0.15, 0.2) is 46.9 Å². The largest absolute Gasteiger partial charge is 0.453 e. The van der Waals surface area contributed by atoms with Gasteiger partial charge in [-0.25, -0.2) is 4.79 Å². The number of rotatable bonds is 3. The van der Waals surface area contributed by atoms with E-state index in [2.05, 4.69) is 21.2 Å². The van der Waals surface area contributed by atoms with Gasteiger partial charge in [0.05, 0.1) is 10.7 Å². The summed E-state index contributed by atoms with van der Waals surface area (Å²) in [5, 5.41) is 4.37. The maximum atomic E-state index is 12.2. The van der Waals surface area contributed by atoms with E-state index in [-0.39, 0.29) is 5.97 Å². The second kappa shape index (κ2) is 6.34. The number of ether oxygens (including phenoxy) is 1. The van der Waals surface area contributed by atoms with E-state index in [0.717, 1.165) is 10.0 Å². The second-order valence-corrected chi connectivity index (χ2v) is 7.44. The molecule has 1 N–H and O–H groups in total. The summed E-state index contributed by atoms with van der Waals surface area (Å²) >= 11 is 15.5. The van der Waals surface area contributed by atoms with Crippen molar-refractivity contribution in [2.75, 3.05) is 5.32 Å². The highest BCUT2D eigenvalue weighted by Gasteiger charge is 2.44. The number of anilines is 1. The van der Waals surface area contributed by atoms with Crippen molar-refractivity contribution >= 4 is 50.8 Å². The Morgan fingerprint density at radius 2 is 1.91 bits per heavy atom. The molecule has 6 heteroatoms. The molecule has 3 nitrogen and oxygen atoms in total. The maximum absolute atomic E-state index is 12.2. The Kier molecular flexibility index (Phi) is 4.59. The second-order valence-electron chi connectivity index (χ2n) is 5.68. The Bertz CT molecular complexity index is 751. The summed E-state index contributed by atoms with van der Waals surface area (Å²) in [4.78, 5) is 12.2. The van der Waals surface area contributed by atoms with Gasteiger partial charge in [-0.3, -0.25) is 0 Å². The lowest BCUT2D eigenvalue weighted by molar-refractivity contribution is -0.148. The van der Waals surface area contributed by atoms with Gasteiger partial charge in [0.1, 0.15) is 11.6 Å². The Balaban J connectivity index is 1.80. The van der Waals surface area contributed by atoms with Crippen LogP contribution in [0.4, 0.5) is 5.69 Å². The van der Waals surface area contributed by atoms with Gasteiger partial charge in [-0.1, -0.05) is 51.3 Å². The van der Waals surface area contributed by atoms with Gasteiger partial charge in [-0.05, 0) is 42.8 Å². The third-order valence-electron chi connectivity index (χ3n) is 3.92. The number of halogens is 3. The number of esters is 1. The van der Waals surface area contributed by atoms with Gasteiger partial charge < -0.3 is 10.1 Å². The van der Waals surface area contributed by atoms with Crippen LogP contribution >= 0.6 is 39.1 Å². The standard InChI is InChI=1S/C17H14BrCl2NO2/c1-17(10-2-5-12(19)6-3-10)9-15(16(22)23-17)21-14-7-4-11(18)8-13(14)20/h2-8,15,21H,9H2,1H3. The molecule has 2 unspecified atom stereocenters. The minimum Gasteiger partial charge on any atom is -0.453 e. The van der Waals surface area contributed by atoms with E-state index in [0.29, 0.717) is 22.2 Å². The fourth-order valence-corrected chi connectivity index (χ4v) is 3.55. The van der Waals surface area contributed by atoms with Crippen LogP contribution < -0.4 is 5.32 Å². The fourth-order valence-electron chi connectivity index (χ4n) is 2.69. The molecule has 2 aromatic carbocycles. The SMILES string of the molecule is CC1(c2ccc(Cl)cc2)CC(Nc2ccc(Br)cc2Cl)C(=O)O1. The predicted octanol–water partition coefficient (Wildman–Crippen LogP) is 5.40. The van der Waals surface area contributed by atoms with Crippen LogP contribution in [-0.4, -0.2) is 12.0 Å². The molecule has 1 saturated heterocycles. The molecular formula is C17H14BrCl2NO2. The zero-order chi connectivity index (χ0) is 16.6. The highest BCUT2D eigenvalue weighted by atomic mass is 79.9. The molecular weight excluding hydrogens is 401 g/mol. The summed E-state index contributed by atoms with van der Waals surface area (Å²) in [5.41, 5.74) is 0.944. The lowest BCUT2D eigenvalue weighted by Gasteiger charge is -2.23. The Hall–Kier alpha value is -1.23. The molecule has 2 aromatic rings. The summed E-state index contributed by atoms with van der Waals surface area (Å²) in [5.74, 6) is -0.290. The van der Waals surface area contributed by atoms with Crippen molar-refractivity contribution in [3.05, 3.63) is 62.5 Å². The summed E-state index contributed by atoms with van der Waals surface area (Å²) < 4.78 is 6.51. The zero-order valence-electron chi connectivity index (χ0n) is 12.3. The van der Waals surface area contributed by atoms with Crippen molar-refractivity contribution in [2.45, 2.75) is 25.0 Å². The van der Waals surface area contributed by atoms with Crippen molar-refractivity contribution in [2.24, 2.45) is 0 Å². The normalized spacial score (nSPS) is 23.7. The highest BCUT2D eigenvalue weighted by Crippen LogP contribution is 2.38. The lowest BCUT2D eigenvalue weighted by Crippen LogP contribution is -2.25. The van der Waals surface area contributed by atoms with Crippen LogP contribution in [0.1, 0.15) is 18.9 Å². The van der Waals surface area contributed by atoms with E-state index in [1.807, 2.05) is 31.2 Å². The number of hydrogen-bond acceptors (Lipinski definition) is 3. The van der Waals surface area contributed by atoms with E-state index in [4.69, 9.17) is 27.9 Å². The lowest BCUT2D eigenvalue weighted by atomic mass is 9.91. The molecule has 3 rings (SSSR count). The van der Waals surface area contributed by atoms with E-state index >= 15 is 0 Å². The van der Waals surface area contributed by atoms with Gasteiger partial charge in [0.15, 0.2) is 0 Å².